The van der Waals surface area contributed by atoms with Gasteiger partial charge in [0.1, 0.15) is 5.60 Å². The van der Waals surface area contributed by atoms with Crippen molar-refractivity contribution in [1.29, 1.82) is 0 Å². The van der Waals surface area contributed by atoms with Crippen LogP contribution in [0.4, 0.5) is 13.2 Å². The highest BCUT2D eigenvalue weighted by atomic mass is 19.2. The van der Waals surface area contributed by atoms with Crippen LogP contribution in [0.5, 0.6) is 0 Å². The molecule has 0 amide bonds. The minimum absolute atomic E-state index is 0.461. The molecule has 1 aromatic rings. The third-order valence-electron chi connectivity index (χ3n) is 2.25. The molecular formula is C14H13F3O4. The first-order valence-electron chi connectivity index (χ1n) is 5.95. The molecule has 7 heteroatoms. The molecule has 0 heterocycles. The molecule has 0 aliphatic heterocycles. The van der Waals surface area contributed by atoms with Crippen molar-refractivity contribution in [1.82, 2.24) is 0 Å². The fourth-order valence-corrected chi connectivity index (χ4v) is 1.37. The van der Waals surface area contributed by atoms with Crippen LogP contribution in [0.2, 0.25) is 0 Å². The van der Waals surface area contributed by atoms with Gasteiger partial charge in [-0.3, -0.25) is 9.59 Å². The normalized spacial score (nSPS) is 11.1. The highest BCUT2D eigenvalue weighted by Crippen LogP contribution is 2.15. The number of halogens is 3. The first-order valence-corrected chi connectivity index (χ1v) is 5.95. The third-order valence-corrected chi connectivity index (χ3v) is 2.25. The Bertz CT molecular complexity index is 580. The molecule has 4 nitrogen and oxygen atoms in total. The summed E-state index contributed by atoms with van der Waals surface area (Å²) in [4.78, 5) is 34.5. The number of hydrogen-bond acceptors (Lipinski definition) is 4. The van der Waals surface area contributed by atoms with Gasteiger partial charge in [-0.15, -0.1) is 0 Å². The maximum absolute atomic E-state index is 13.0. The van der Waals surface area contributed by atoms with E-state index in [0.717, 1.165) is 0 Å². The van der Waals surface area contributed by atoms with E-state index >= 15 is 0 Å². The summed E-state index contributed by atoms with van der Waals surface area (Å²) < 4.78 is 43.5. The van der Waals surface area contributed by atoms with Crippen LogP contribution in [0.25, 0.3) is 0 Å². The Hall–Kier alpha value is -2.18. The maximum Gasteiger partial charge on any atom is 0.375 e. The number of rotatable bonds is 4. The van der Waals surface area contributed by atoms with Crippen LogP contribution in [0.15, 0.2) is 12.1 Å². The van der Waals surface area contributed by atoms with Crippen molar-refractivity contribution in [2.45, 2.75) is 32.8 Å². The van der Waals surface area contributed by atoms with Gasteiger partial charge in [0.05, 0.1) is 6.42 Å². The Morgan fingerprint density at radius 2 is 1.52 bits per heavy atom. The molecule has 1 aromatic carbocycles. The van der Waals surface area contributed by atoms with Gasteiger partial charge in [0.2, 0.25) is 5.78 Å². The quantitative estimate of drug-likeness (QED) is 0.282. The minimum Gasteiger partial charge on any atom is -0.454 e. The highest BCUT2D eigenvalue weighted by molar-refractivity contribution is 6.38. The average molecular weight is 302 g/mol. The summed E-state index contributed by atoms with van der Waals surface area (Å²) >= 11 is 0. The molecule has 0 aliphatic rings. The second-order valence-corrected chi connectivity index (χ2v) is 5.28. The number of benzene rings is 1. The van der Waals surface area contributed by atoms with Crippen molar-refractivity contribution in [3.8, 4) is 0 Å². The summed E-state index contributed by atoms with van der Waals surface area (Å²) in [6, 6.07) is 0.923. The monoisotopic (exact) mass is 302 g/mol. The standard InChI is InChI=1S/C14H13F3O4/c1-14(2,3)21-13(20)11(19)6-10(18)7-4-8(15)12(17)9(16)5-7/h4-5H,6H2,1-3H3. The summed E-state index contributed by atoms with van der Waals surface area (Å²) in [7, 11) is 0. The zero-order valence-corrected chi connectivity index (χ0v) is 11.6. The summed E-state index contributed by atoms with van der Waals surface area (Å²) in [6.45, 7) is 4.60. The molecule has 0 unspecified atom stereocenters. The molecule has 0 radical (unpaired) electrons. The van der Waals surface area contributed by atoms with Gasteiger partial charge in [0, 0.05) is 5.56 Å². The van der Waals surface area contributed by atoms with Crippen molar-refractivity contribution in [2.24, 2.45) is 0 Å². The van der Waals surface area contributed by atoms with E-state index in [-0.39, 0.29) is 0 Å². The molecule has 0 saturated carbocycles. The Labute approximate surface area is 118 Å². The third kappa shape index (κ3) is 4.70. The zero-order valence-electron chi connectivity index (χ0n) is 11.6. The van der Waals surface area contributed by atoms with Crippen LogP contribution in [0, 0.1) is 17.5 Å². The summed E-state index contributed by atoms with van der Waals surface area (Å²) in [5, 5.41) is 0. The largest absolute Gasteiger partial charge is 0.454 e. The van der Waals surface area contributed by atoms with Crippen molar-refractivity contribution in [2.75, 3.05) is 0 Å². The highest BCUT2D eigenvalue weighted by Gasteiger charge is 2.26. The van der Waals surface area contributed by atoms with Crippen molar-refractivity contribution >= 4 is 17.5 Å². The number of esters is 1. The first kappa shape index (κ1) is 16.9. The second-order valence-electron chi connectivity index (χ2n) is 5.28. The topological polar surface area (TPSA) is 60.4 Å². The molecule has 114 valence electrons. The molecule has 0 aromatic heterocycles. The number of carbonyl (C=O) groups excluding carboxylic acids is 3. The van der Waals surface area contributed by atoms with Gasteiger partial charge >= 0.3 is 5.97 Å². The lowest BCUT2D eigenvalue weighted by molar-refractivity contribution is -0.162. The van der Waals surface area contributed by atoms with E-state index in [9.17, 15) is 27.6 Å². The van der Waals surface area contributed by atoms with Gasteiger partial charge in [-0.25, -0.2) is 18.0 Å². The summed E-state index contributed by atoms with van der Waals surface area (Å²) in [6.07, 6.45) is -0.917. The SMILES string of the molecule is CC(C)(C)OC(=O)C(=O)CC(=O)c1cc(F)c(F)c(F)c1. The van der Waals surface area contributed by atoms with E-state index < -0.39 is 52.6 Å². The zero-order chi connectivity index (χ0) is 16.4. The first-order chi connectivity index (χ1) is 9.51. The molecule has 0 aliphatic carbocycles. The number of ketones is 2. The minimum atomic E-state index is -1.72. The summed E-state index contributed by atoms with van der Waals surface area (Å²) in [5.74, 6) is -8.21. The molecular weight excluding hydrogens is 289 g/mol. The Balaban J connectivity index is 2.82. The number of Topliss-reactive ketones (excluding diaryl/α,β-unsaturated/α-hetero) is 2. The molecule has 0 fully saturated rings. The maximum atomic E-state index is 13.0. The van der Waals surface area contributed by atoms with Gasteiger partial charge in [-0.05, 0) is 32.9 Å². The van der Waals surface area contributed by atoms with Crippen LogP contribution < -0.4 is 0 Å². The number of ether oxygens (including phenoxy) is 1. The smallest absolute Gasteiger partial charge is 0.375 e. The molecule has 21 heavy (non-hydrogen) atoms. The van der Waals surface area contributed by atoms with E-state index in [1.807, 2.05) is 0 Å². The van der Waals surface area contributed by atoms with Gasteiger partial charge < -0.3 is 4.74 Å². The van der Waals surface area contributed by atoms with Crippen LogP contribution >= 0.6 is 0 Å². The molecule has 0 saturated heterocycles. The molecule has 0 spiro atoms. The van der Waals surface area contributed by atoms with E-state index in [2.05, 4.69) is 0 Å². The van der Waals surface area contributed by atoms with Crippen LogP contribution in [0.3, 0.4) is 0 Å². The Morgan fingerprint density at radius 1 is 1.05 bits per heavy atom. The molecule has 0 bridgehead atoms. The van der Waals surface area contributed by atoms with Crippen LogP contribution in [-0.2, 0) is 14.3 Å². The fraction of sp³-hybridized carbons (Fsp3) is 0.357. The van der Waals surface area contributed by atoms with Gasteiger partial charge in [-0.2, -0.15) is 0 Å². The molecule has 1 rings (SSSR count). The van der Waals surface area contributed by atoms with E-state index in [0.29, 0.717) is 12.1 Å². The van der Waals surface area contributed by atoms with E-state index in [1.54, 1.807) is 0 Å². The second kappa shape index (κ2) is 6.07. The van der Waals surface area contributed by atoms with Crippen LogP contribution in [-0.4, -0.2) is 23.1 Å². The lowest BCUT2D eigenvalue weighted by atomic mass is 10.1. The van der Waals surface area contributed by atoms with E-state index in [4.69, 9.17) is 4.74 Å². The Kier molecular flexibility index (Phi) is 4.88. The van der Waals surface area contributed by atoms with Gasteiger partial charge in [0.25, 0.3) is 0 Å². The molecule has 0 atom stereocenters. The average Bonchev–Trinajstić information content (AvgIpc) is 2.32. The molecule has 0 N–H and O–H groups in total. The van der Waals surface area contributed by atoms with Crippen molar-refractivity contribution in [3.05, 3.63) is 35.1 Å². The predicted molar refractivity (Wildman–Crippen MR) is 66.1 cm³/mol. The lowest BCUT2D eigenvalue weighted by Crippen LogP contribution is -2.30. The lowest BCUT2D eigenvalue weighted by Gasteiger charge is -2.18. The van der Waals surface area contributed by atoms with Crippen molar-refractivity contribution in [3.63, 3.8) is 0 Å². The fourth-order valence-electron chi connectivity index (χ4n) is 1.37. The number of carbonyl (C=O) groups is 3. The van der Waals surface area contributed by atoms with E-state index in [1.165, 1.54) is 20.8 Å². The summed E-state index contributed by atoms with van der Waals surface area (Å²) in [5.41, 5.74) is -1.45. The van der Waals surface area contributed by atoms with Crippen molar-refractivity contribution < 1.29 is 32.3 Å². The Morgan fingerprint density at radius 3 is 1.95 bits per heavy atom. The number of hydrogen-bond donors (Lipinski definition) is 0. The predicted octanol–water partition coefficient (Wildman–Crippen LogP) is 2.59. The van der Waals surface area contributed by atoms with Gasteiger partial charge in [-0.1, -0.05) is 0 Å². The van der Waals surface area contributed by atoms with Gasteiger partial charge in [0.15, 0.2) is 23.2 Å². The van der Waals surface area contributed by atoms with Crippen LogP contribution in [0.1, 0.15) is 37.6 Å².